The Kier molecular flexibility index (Phi) is 8.30. The lowest BCUT2D eigenvalue weighted by Gasteiger charge is -2.24. The summed E-state index contributed by atoms with van der Waals surface area (Å²) in [4.78, 5) is 22.7. The van der Waals surface area contributed by atoms with Crippen molar-refractivity contribution < 1.29 is 10.0 Å². The number of aryl methyl sites for hydroxylation is 2. The van der Waals surface area contributed by atoms with Crippen molar-refractivity contribution in [2.45, 2.75) is 39.8 Å². The van der Waals surface area contributed by atoms with Crippen molar-refractivity contribution in [1.82, 2.24) is 19.9 Å². The molecule has 0 aliphatic rings. The fourth-order valence-corrected chi connectivity index (χ4v) is 3.70. The molecule has 0 radical (unpaired) electrons. The van der Waals surface area contributed by atoms with E-state index in [9.17, 15) is 10.0 Å². The minimum absolute atomic E-state index is 0.212. The van der Waals surface area contributed by atoms with Gasteiger partial charge in [0.25, 0.3) is 0 Å². The van der Waals surface area contributed by atoms with Crippen LogP contribution in [0.25, 0.3) is 11.1 Å². The molecule has 2 aromatic heterocycles. The van der Waals surface area contributed by atoms with Gasteiger partial charge >= 0.3 is 6.03 Å². The van der Waals surface area contributed by atoms with Crippen LogP contribution >= 0.6 is 0 Å². The van der Waals surface area contributed by atoms with Gasteiger partial charge in [0.05, 0.1) is 17.9 Å². The lowest BCUT2D eigenvalue weighted by molar-refractivity contribution is -0.0406. The van der Waals surface area contributed by atoms with Gasteiger partial charge in [-0.3, -0.25) is 20.1 Å². The highest BCUT2D eigenvalue weighted by Crippen LogP contribution is 2.24. The first-order chi connectivity index (χ1) is 15.4. The number of hydrogen-bond acceptors (Lipinski definition) is 5. The molecule has 3 aromatic rings. The van der Waals surface area contributed by atoms with Gasteiger partial charge in [-0.05, 0) is 56.0 Å². The van der Waals surface area contributed by atoms with E-state index < -0.39 is 6.03 Å². The lowest BCUT2D eigenvalue weighted by Crippen LogP contribution is -2.34. The Labute approximate surface area is 189 Å². The predicted octanol–water partition coefficient (Wildman–Crippen LogP) is 4.31. The van der Waals surface area contributed by atoms with Crippen molar-refractivity contribution in [1.29, 1.82) is 0 Å². The molecule has 2 heterocycles. The fourth-order valence-electron chi connectivity index (χ4n) is 3.70. The number of amides is 2. The first-order valence-corrected chi connectivity index (χ1v) is 10.8. The van der Waals surface area contributed by atoms with Crippen molar-refractivity contribution in [3.8, 4) is 11.1 Å². The van der Waals surface area contributed by atoms with Gasteiger partial charge in [-0.15, -0.1) is 0 Å². The van der Waals surface area contributed by atoms with Gasteiger partial charge in [0.15, 0.2) is 0 Å². The molecule has 7 heteroatoms. The third-order valence-corrected chi connectivity index (χ3v) is 5.39. The number of carbonyl (C=O) groups is 1. The normalized spacial score (nSPS) is 11.0. The zero-order chi connectivity index (χ0) is 22.9. The standard InChI is InChI=1S/C25H31N5O2/c1-19-15-20(2)23(28-16-19)17-29(13-6-7-14-30(32)25(26)31)18-24-22(11-8-12-27-24)21-9-4-3-5-10-21/h3-5,8-12,15-16,32H,6-7,13-14,17-18H2,1-2H3,(H2,26,31). The first kappa shape index (κ1) is 23.4. The molecule has 3 rings (SSSR count). The average molecular weight is 434 g/mol. The first-order valence-electron chi connectivity index (χ1n) is 10.8. The molecule has 0 bridgehead atoms. The molecule has 0 saturated heterocycles. The lowest BCUT2D eigenvalue weighted by atomic mass is 10.0. The van der Waals surface area contributed by atoms with E-state index in [1.807, 2.05) is 43.6 Å². The topological polar surface area (TPSA) is 95.6 Å². The van der Waals surface area contributed by atoms with Gasteiger partial charge in [0, 0.05) is 31.0 Å². The number of primary amides is 1. The van der Waals surface area contributed by atoms with E-state index >= 15 is 0 Å². The van der Waals surface area contributed by atoms with Crippen LogP contribution in [0.15, 0.2) is 60.9 Å². The number of hydrogen-bond donors (Lipinski definition) is 2. The summed E-state index contributed by atoms with van der Waals surface area (Å²) in [5.74, 6) is 0. The van der Waals surface area contributed by atoms with Crippen LogP contribution in [0.2, 0.25) is 0 Å². The zero-order valence-corrected chi connectivity index (χ0v) is 18.7. The number of unbranched alkanes of at least 4 members (excludes halogenated alkanes) is 1. The van der Waals surface area contributed by atoms with Gasteiger partial charge in [0.2, 0.25) is 0 Å². The molecule has 32 heavy (non-hydrogen) atoms. The number of hydroxylamine groups is 2. The van der Waals surface area contributed by atoms with E-state index in [0.717, 1.165) is 46.6 Å². The highest BCUT2D eigenvalue weighted by Gasteiger charge is 2.14. The van der Waals surface area contributed by atoms with Crippen molar-refractivity contribution in [2.75, 3.05) is 13.1 Å². The van der Waals surface area contributed by atoms with E-state index in [4.69, 9.17) is 5.73 Å². The summed E-state index contributed by atoms with van der Waals surface area (Å²) in [6.07, 6.45) is 5.16. The predicted molar refractivity (Wildman–Crippen MR) is 125 cm³/mol. The maximum atomic E-state index is 11.0. The average Bonchev–Trinajstić information content (AvgIpc) is 2.79. The highest BCUT2D eigenvalue weighted by molar-refractivity contribution is 5.70. The molecule has 1 aromatic carbocycles. The highest BCUT2D eigenvalue weighted by atomic mass is 16.5. The Morgan fingerprint density at radius 3 is 2.41 bits per heavy atom. The molecule has 0 spiro atoms. The SMILES string of the molecule is Cc1cnc(CN(CCCCN(O)C(N)=O)Cc2ncccc2-c2ccccc2)c(C)c1. The summed E-state index contributed by atoms with van der Waals surface area (Å²) in [6, 6.07) is 15.6. The van der Waals surface area contributed by atoms with Gasteiger partial charge in [-0.25, -0.2) is 9.86 Å². The van der Waals surface area contributed by atoms with Crippen LogP contribution in [-0.4, -0.2) is 44.3 Å². The molecule has 0 unspecified atom stereocenters. The number of benzene rings is 1. The quantitative estimate of drug-likeness (QED) is 0.282. The third kappa shape index (κ3) is 6.60. The summed E-state index contributed by atoms with van der Waals surface area (Å²) in [5.41, 5.74) is 11.7. The van der Waals surface area contributed by atoms with Crippen LogP contribution in [0.1, 0.15) is 35.4 Å². The largest absolute Gasteiger partial charge is 0.350 e. The van der Waals surface area contributed by atoms with E-state index in [-0.39, 0.29) is 6.54 Å². The summed E-state index contributed by atoms with van der Waals surface area (Å²) >= 11 is 0. The number of nitrogens with two attached hydrogens (primary N) is 1. The summed E-state index contributed by atoms with van der Waals surface area (Å²) in [6.45, 7) is 6.46. The smallest absolute Gasteiger partial charge is 0.338 e. The van der Waals surface area contributed by atoms with Crippen LogP contribution < -0.4 is 5.73 Å². The summed E-state index contributed by atoms with van der Waals surface area (Å²) in [7, 11) is 0. The minimum Gasteiger partial charge on any atom is -0.350 e. The Morgan fingerprint density at radius 1 is 0.969 bits per heavy atom. The molecule has 0 fully saturated rings. The van der Waals surface area contributed by atoms with E-state index in [1.165, 1.54) is 0 Å². The molecule has 0 atom stereocenters. The summed E-state index contributed by atoms with van der Waals surface area (Å²) in [5, 5.41) is 10.1. The van der Waals surface area contributed by atoms with Gasteiger partial charge in [-0.2, -0.15) is 0 Å². The Balaban J connectivity index is 1.77. The molecule has 168 valence electrons. The van der Waals surface area contributed by atoms with Gasteiger partial charge < -0.3 is 5.73 Å². The van der Waals surface area contributed by atoms with Gasteiger partial charge in [-0.1, -0.05) is 42.5 Å². The number of nitrogens with zero attached hydrogens (tertiary/aromatic N) is 4. The van der Waals surface area contributed by atoms with Crippen LogP contribution in [0, 0.1) is 13.8 Å². The van der Waals surface area contributed by atoms with Crippen LogP contribution in [0.5, 0.6) is 0 Å². The maximum absolute atomic E-state index is 11.0. The monoisotopic (exact) mass is 433 g/mol. The van der Waals surface area contributed by atoms with E-state index in [1.54, 1.807) is 0 Å². The third-order valence-electron chi connectivity index (χ3n) is 5.39. The Hall–Kier alpha value is -3.29. The van der Waals surface area contributed by atoms with E-state index in [2.05, 4.69) is 46.1 Å². The fraction of sp³-hybridized carbons (Fsp3) is 0.320. The van der Waals surface area contributed by atoms with Gasteiger partial charge in [0.1, 0.15) is 0 Å². The molecule has 0 saturated carbocycles. The van der Waals surface area contributed by atoms with Crippen LogP contribution in [-0.2, 0) is 13.1 Å². The molecule has 3 N–H and O–H groups in total. The van der Waals surface area contributed by atoms with Crippen molar-refractivity contribution in [3.05, 3.63) is 83.4 Å². The number of rotatable bonds is 10. The molecule has 0 aliphatic carbocycles. The number of aromatic nitrogens is 2. The molecular formula is C25H31N5O2. The number of pyridine rings is 2. The second kappa shape index (κ2) is 11.4. The molecule has 0 aliphatic heterocycles. The molecular weight excluding hydrogens is 402 g/mol. The van der Waals surface area contributed by atoms with Crippen LogP contribution in [0.3, 0.4) is 0 Å². The number of carbonyl (C=O) groups excluding carboxylic acids is 1. The second-order valence-electron chi connectivity index (χ2n) is 8.02. The van der Waals surface area contributed by atoms with Crippen molar-refractivity contribution >= 4 is 6.03 Å². The van der Waals surface area contributed by atoms with Crippen LogP contribution in [0.4, 0.5) is 4.79 Å². The van der Waals surface area contributed by atoms with Crippen molar-refractivity contribution in [2.24, 2.45) is 5.73 Å². The Bertz CT molecular complexity index is 1030. The van der Waals surface area contributed by atoms with Crippen molar-refractivity contribution in [3.63, 3.8) is 0 Å². The second-order valence-corrected chi connectivity index (χ2v) is 8.02. The summed E-state index contributed by atoms with van der Waals surface area (Å²) < 4.78 is 0. The number of urea groups is 1. The minimum atomic E-state index is -0.831. The Morgan fingerprint density at radius 2 is 1.69 bits per heavy atom. The van der Waals surface area contributed by atoms with E-state index in [0.29, 0.717) is 24.6 Å². The molecule has 2 amide bonds. The molecule has 7 nitrogen and oxygen atoms in total. The zero-order valence-electron chi connectivity index (χ0n) is 18.7. The maximum Gasteiger partial charge on any atom is 0.338 e.